The lowest BCUT2D eigenvalue weighted by Crippen LogP contribution is -2.12. The van der Waals surface area contributed by atoms with E-state index in [0.29, 0.717) is 11.6 Å². The Morgan fingerprint density at radius 1 is 1.29 bits per heavy atom. The van der Waals surface area contributed by atoms with Crippen LogP contribution in [0.1, 0.15) is 39.0 Å². The molecule has 0 radical (unpaired) electrons. The summed E-state index contributed by atoms with van der Waals surface area (Å²) in [6.45, 7) is 0. The molecule has 1 unspecified atom stereocenters. The van der Waals surface area contributed by atoms with Crippen molar-refractivity contribution in [3.05, 3.63) is 51.5 Å². The largest absolute Gasteiger partial charge is 0.296 e. The molecule has 0 aliphatic heterocycles. The summed E-state index contributed by atoms with van der Waals surface area (Å²) >= 11 is 1.61. The van der Waals surface area contributed by atoms with Crippen molar-refractivity contribution in [2.24, 2.45) is 0 Å². The Bertz CT molecular complexity index is 547. The molecule has 0 amide bonds. The quantitative estimate of drug-likeness (QED) is 0.758. The van der Waals surface area contributed by atoms with Crippen LogP contribution in [0.3, 0.4) is 0 Å². The van der Waals surface area contributed by atoms with E-state index in [1.165, 1.54) is 11.1 Å². The smallest absolute Gasteiger partial charge is 0.169 e. The topological polar surface area (TPSA) is 30.0 Å². The molecule has 1 aromatic carbocycles. The standard InChI is InChI=1S/C14H13NOS/c16-8-13-9-17-14(15-13)12-6-5-10-3-1-2-4-11(10)7-12/h1-4,8-9,12H,5-7H2. The number of fused-ring (bicyclic) bond motifs is 1. The molecule has 1 aromatic heterocycles. The van der Waals surface area contributed by atoms with Crippen molar-refractivity contribution in [2.75, 3.05) is 0 Å². The van der Waals surface area contributed by atoms with E-state index in [-0.39, 0.29) is 0 Å². The zero-order valence-electron chi connectivity index (χ0n) is 9.43. The highest BCUT2D eigenvalue weighted by molar-refractivity contribution is 7.09. The molecule has 0 saturated carbocycles. The van der Waals surface area contributed by atoms with Gasteiger partial charge in [0.05, 0.1) is 5.01 Å². The second-order valence-corrected chi connectivity index (χ2v) is 5.33. The van der Waals surface area contributed by atoms with Crippen LogP contribution in [-0.4, -0.2) is 11.3 Å². The van der Waals surface area contributed by atoms with Crippen LogP contribution in [-0.2, 0) is 12.8 Å². The molecule has 1 aliphatic rings. The fourth-order valence-electron chi connectivity index (χ4n) is 2.45. The van der Waals surface area contributed by atoms with E-state index in [2.05, 4.69) is 29.2 Å². The Morgan fingerprint density at radius 2 is 2.12 bits per heavy atom. The maximum atomic E-state index is 10.6. The van der Waals surface area contributed by atoms with Gasteiger partial charge >= 0.3 is 0 Å². The van der Waals surface area contributed by atoms with Crippen molar-refractivity contribution < 1.29 is 4.79 Å². The molecule has 2 nitrogen and oxygen atoms in total. The molecular weight excluding hydrogens is 230 g/mol. The number of thiazole rings is 1. The van der Waals surface area contributed by atoms with Gasteiger partial charge in [-0.2, -0.15) is 0 Å². The van der Waals surface area contributed by atoms with Crippen LogP contribution in [0.5, 0.6) is 0 Å². The number of hydrogen-bond acceptors (Lipinski definition) is 3. The van der Waals surface area contributed by atoms with E-state index in [0.717, 1.165) is 30.6 Å². The highest BCUT2D eigenvalue weighted by Crippen LogP contribution is 2.33. The van der Waals surface area contributed by atoms with Crippen LogP contribution in [0, 0.1) is 0 Å². The summed E-state index contributed by atoms with van der Waals surface area (Å²) in [6, 6.07) is 8.62. The molecule has 1 atom stereocenters. The van der Waals surface area contributed by atoms with Gasteiger partial charge in [0.1, 0.15) is 5.69 Å². The maximum absolute atomic E-state index is 10.6. The van der Waals surface area contributed by atoms with Gasteiger partial charge in [-0.15, -0.1) is 11.3 Å². The van der Waals surface area contributed by atoms with Gasteiger partial charge in [0.25, 0.3) is 0 Å². The summed E-state index contributed by atoms with van der Waals surface area (Å²) in [5.74, 6) is 0.489. The number of rotatable bonds is 2. The number of aldehydes is 1. The number of aryl methyl sites for hydroxylation is 1. The molecule has 2 aromatic rings. The number of carbonyl (C=O) groups excluding carboxylic acids is 1. The lowest BCUT2D eigenvalue weighted by molar-refractivity contribution is 0.111. The van der Waals surface area contributed by atoms with Crippen LogP contribution >= 0.6 is 11.3 Å². The number of nitrogens with zero attached hydrogens (tertiary/aromatic N) is 1. The monoisotopic (exact) mass is 243 g/mol. The van der Waals surface area contributed by atoms with Crippen LogP contribution in [0.4, 0.5) is 0 Å². The summed E-state index contributed by atoms with van der Waals surface area (Å²) in [6.07, 6.45) is 4.15. The second kappa shape index (κ2) is 4.41. The molecule has 1 aliphatic carbocycles. The number of benzene rings is 1. The Morgan fingerprint density at radius 3 is 2.88 bits per heavy atom. The summed E-state index contributed by atoms with van der Waals surface area (Å²) < 4.78 is 0. The molecule has 0 bridgehead atoms. The lowest BCUT2D eigenvalue weighted by Gasteiger charge is -2.22. The molecule has 17 heavy (non-hydrogen) atoms. The SMILES string of the molecule is O=Cc1csc(C2CCc3ccccc3C2)n1. The first-order valence-electron chi connectivity index (χ1n) is 5.84. The van der Waals surface area contributed by atoms with E-state index in [4.69, 9.17) is 0 Å². The third-order valence-electron chi connectivity index (χ3n) is 3.36. The molecule has 86 valence electrons. The fourth-order valence-corrected chi connectivity index (χ4v) is 3.35. The van der Waals surface area contributed by atoms with Crippen LogP contribution in [0.15, 0.2) is 29.6 Å². The van der Waals surface area contributed by atoms with Crippen LogP contribution in [0.2, 0.25) is 0 Å². The van der Waals surface area contributed by atoms with Crippen molar-refractivity contribution in [2.45, 2.75) is 25.2 Å². The molecule has 0 saturated heterocycles. The summed E-state index contributed by atoms with van der Waals surface area (Å²) in [4.78, 5) is 15.0. The van der Waals surface area contributed by atoms with Crippen molar-refractivity contribution >= 4 is 17.6 Å². The minimum absolute atomic E-state index is 0.489. The predicted molar refractivity (Wildman–Crippen MR) is 68.7 cm³/mol. The zero-order chi connectivity index (χ0) is 11.7. The predicted octanol–water partition coefficient (Wildman–Crippen LogP) is 3.23. The van der Waals surface area contributed by atoms with Gasteiger partial charge in [-0.3, -0.25) is 4.79 Å². The number of aromatic nitrogens is 1. The number of carbonyl (C=O) groups is 1. The van der Waals surface area contributed by atoms with Crippen molar-refractivity contribution in [1.29, 1.82) is 0 Å². The van der Waals surface area contributed by atoms with E-state index in [9.17, 15) is 4.79 Å². The van der Waals surface area contributed by atoms with Gasteiger partial charge in [-0.05, 0) is 30.4 Å². The Kier molecular flexibility index (Phi) is 2.77. The molecule has 0 N–H and O–H groups in total. The van der Waals surface area contributed by atoms with E-state index in [1.54, 1.807) is 11.3 Å². The Labute approximate surface area is 104 Å². The fraction of sp³-hybridized carbons (Fsp3) is 0.286. The third kappa shape index (κ3) is 2.03. The van der Waals surface area contributed by atoms with Gasteiger partial charge in [-0.1, -0.05) is 24.3 Å². The number of hydrogen-bond donors (Lipinski definition) is 0. The van der Waals surface area contributed by atoms with Crippen LogP contribution in [0.25, 0.3) is 0 Å². The van der Waals surface area contributed by atoms with E-state index >= 15 is 0 Å². The first-order chi connectivity index (χ1) is 8.36. The lowest BCUT2D eigenvalue weighted by atomic mass is 9.84. The molecular formula is C14H13NOS. The van der Waals surface area contributed by atoms with Gasteiger partial charge in [0.2, 0.25) is 0 Å². The average molecular weight is 243 g/mol. The summed E-state index contributed by atoms with van der Waals surface area (Å²) in [5, 5.41) is 2.96. The summed E-state index contributed by atoms with van der Waals surface area (Å²) in [7, 11) is 0. The highest BCUT2D eigenvalue weighted by atomic mass is 32.1. The van der Waals surface area contributed by atoms with E-state index in [1.807, 2.05) is 5.38 Å². The van der Waals surface area contributed by atoms with Crippen molar-refractivity contribution in [3.63, 3.8) is 0 Å². The first kappa shape index (κ1) is 10.7. The molecule has 0 fully saturated rings. The Balaban J connectivity index is 1.86. The van der Waals surface area contributed by atoms with E-state index < -0.39 is 0 Å². The maximum Gasteiger partial charge on any atom is 0.169 e. The zero-order valence-corrected chi connectivity index (χ0v) is 10.2. The minimum atomic E-state index is 0.489. The summed E-state index contributed by atoms with van der Waals surface area (Å²) in [5.41, 5.74) is 3.48. The minimum Gasteiger partial charge on any atom is -0.296 e. The van der Waals surface area contributed by atoms with Gasteiger partial charge in [0.15, 0.2) is 6.29 Å². The highest BCUT2D eigenvalue weighted by Gasteiger charge is 2.22. The molecule has 3 rings (SSSR count). The molecule has 3 heteroatoms. The normalized spacial score (nSPS) is 18.7. The first-order valence-corrected chi connectivity index (χ1v) is 6.72. The Hall–Kier alpha value is -1.48. The second-order valence-electron chi connectivity index (χ2n) is 4.44. The average Bonchev–Trinajstić information content (AvgIpc) is 2.87. The van der Waals surface area contributed by atoms with Crippen molar-refractivity contribution in [1.82, 2.24) is 4.98 Å². The van der Waals surface area contributed by atoms with Crippen molar-refractivity contribution in [3.8, 4) is 0 Å². The third-order valence-corrected chi connectivity index (χ3v) is 4.38. The van der Waals surface area contributed by atoms with Crippen LogP contribution < -0.4 is 0 Å². The molecule has 1 heterocycles. The molecule has 0 spiro atoms. The van der Waals surface area contributed by atoms with Gasteiger partial charge in [-0.25, -0.2) is 4.98 Å². The van der Waals surface area contributed by atoms with Gasteiger partial charge in [0, 0.05) is 11.3 Å². The van der Waals surface area contributed by atoms with Gasteiger partial charge < -0.3 is 0 Å².